The Morgan fingerprint density at radius 1 is 1.30 bits per heavy atom. The van der Waals surface area contributed by atoms with Gasteiger partial charge in [0.25, 0.3) is 5.91 Å². The summed E-state index contributed by atoms with van der Waals surface area (Å²) in [5.74, 6) is -0.612. The van der Waals surface area contributed by atoms with Gasteiger partial charge in [-0.05, 0) is 31.5 Å². The highest BCUT2D eigenvalue weighted by Crippen LogP contribution is 2.27. The van der Waals surface area contributed by atoms with Crippen LogP contribution in [0.4, 0.5) is 0 Å². The zero-order chi connectivity index (χ0) is 19.6. The summed E-state index contributed by atoms with van der Waals surface area (Å²) in [6, 6.07) is 6.83. The molecular formula is C19H24N4O4. The number of aliphatic hydroxyl groups excluding tert-OH is 1. The van der Waals surface area contributed by atoms with Gasteiger partial charge in [0, 0.05) is 29.8 Å². The number of nitrogens with zero attached hydrogens (tertiary/aromatic N) is 2. The number of aliphatic hydroxyl groups is 1. The van der Waals surface area contributed by atoms with Crippen LogP contribution in [-0.2, 0) is 16.1 Å². The van der Waals surface area contributed by atoms with Gasteiger partial charge in [0.15, 0.2) is 0 Å². The maximum absolute atomic E-state index is 12.3. The molecule has 0 spiro atoms. The average Bonchev–Trinajstić information content (AvgIpc) is 3.16. The van der Waals surface area contributed by atoms with Crippen LogP contribution in [0.2, 0.25) is 0 Å². The summed E-state index contributed by atoms with van der Waals surface area (Å²) in [6.07, 6.45) is -0.443. The van der Waals surface area contributed by atoms with E-state index in [0.717, 1.165) is 22.5 Å². The Bertz CT molecular complexity index is 844. The summed E-state index contributed by atoms with van der Waals surface area (Å²) in [5.41, 5.74) is 9.43. The van der Waals surface area contributed by atoms with Gasteiger partial charge in [-0.2, -0.15) is 5.10 Å². The predicted molar refractivity (Wildman–Crippen MR) is 99.0 cm³/mol. The number of nitrogens with one attached hydrogen (secondary N) is 1. The molecular weight excluding hydrogens is 348 g/mol. The Morgan fingerprint density at radius 2 is 2.00 bits per heavy atom. The second kappa shape index (κ2) is 7.89. The number of nitrogens with two attached hydrogens (primary N) is 1. The van der Waals surface area contributed by atoms with Crippen molar-refractivity contribution in [1.82, 2.24) is 15.1 Å². The van der Waals surface area contributed by atoms with Crippen LogP contribution in [-0.4, -0.2) is 52.1 Å². The van der Waals surface area contributed by atoms with E-state index in [-0.39, 0.29) is 30.9 Å². The number of aryl methyl sites for hydroxylation is 2. The lowest BCUT2D eigenvalue weighted by Crippen LogP contribution is -2.42. The van der Waals surface area contributed by atoms with Crippen LogP contribution in [0.5, 0.6) is 0 Å². The molecule has 8 heteroatoms. The van der Waals surface area contributed by atoms with Crippen molar-refractivity contribution in [3.63, 3.8) is 0 Å². The number of primary amides is 1. The molecule has 2 heterocycles. The fourth-order valence-corrected chi connectivity index (χ4v) is 3.27. The van der Waals surface area contributed by atoms with Gasteiger partial charge >= 0.3 is 0 Å². The average molecular weight is 372 g/mol. The zero-order valence-corrected chi connectivity index (χ0v) is 15.4. The first-order valence-electron chi connectivity index (χ1n) is 8.86. The second-order valence-electron chi connectivity index (χ2n) is 6.75. The Morgan fingerprint density at radius 3 is 2.59 bits per heavy atom. The molecule has 4 N–H and O–H groups in total. The Kier molecular flexibility index (Phi) is 5.57. The van der Waals surface area contributed by atoms with E-state index in [4.69, 9.17) is 10.5 Å². The minimum absolute atomic E-state index is 0.233. The molecule has 0 unspecified atom stereocenters. The van der Waals surface area contributed by atoms with E-state index >= 15 is 0 Å². The van der Waals surface area contributed by atoms with E-state index in [1.807, 2.05) is 26.0 Å². The predicted octanol–water partition coefficient (Wildman–Crippen LogP) is 0.532. The molecule has 0 aliphatic carbocycles. The van der Waals surface area contributed by atoms with Crippen LogP contribution in [0, 0.1) is 13.8 Å². The smallest absolute Gasteiger partial charge is 0.251 e. The first-order chi connectivity index (χ1) is 12.9. The topological polar surface area (TPSA) is 119 Å². The van der Waals surface area contributed by atoms with E-state index in [1.165, 1.54) is 0 Å². The first-order valence-corrected chi connectivity index (χ1v) is 8.86. The van der Waals surface area contributed by atoms with Crippen molar-refractivity contribution >= 4 is 11.8 Å². The van der Waals surface area contributed by atoms with Gasteiger partial charge in [-0.15, -0.1) is 0 Å². The maximum Gasteiger partial charge on any atom is 0.251 e. The maximum atomic E-state index is 12.3. The minimum Gasteiger partial charge on any atom is -0.388 e. The first kappa shape index (κ1) is 19.1. The van der Waals surface area contributed by atoms with Gasteiger partial charge in [-0.1, -0.05) is 12.1 Å². The highest BCUT2D eigenvalue weighted by molar-refractivity contribution is 5.95. The third kappa shape index (κ3) is 4.17. The van der Waals surface area contributed by atoms with Gasteiger partial charge in [0.1, 0.15) is 0 Å². The van der Waals surface area contributed by atoms with Crippen LogP contribution in [0.3, 0.4) is 0 Å². The molecule has 8 nitrogen and oxygen atoms in total. The quantitative estimate of drug-likeness (QED) is 0.683. The van der Waals surface area contributed by atoms with Gasteiger partial charge in [-0.25, -0.2) is 0 Å². The lowest BCUT2D eigenvalue weighted by atomic mass is 10.0. The van der Waals surface area contributed by atoms with Gasteiger partial charge < -0.3 is 20.9 Å². The molecule has 1 saturated heterocycles. The highest BCUT2D eigenvalue weighted by atomic mass is 16.5. The number of rotatable bonds is 6. The summed E-state index contributed by atoms with van der Waals surface area (Å²) in [4.78, 5) is 23.4. The molecule has 0 saturated carbocycles. The Hall–Kier alpha value is -2.71. The number of hydrogen-bond acceptors (Lipinski definition) is 5. The molecule has 1 aromatic carbocycles. The van der Waals surface area contributed by atoms with Gasteiger partial charge in [0.05, 0.1) is 31.1 Å². The molecule has 2 aromatic rings. The van der Waals surface area contributed by atoms with E-state index in [1.54, 1.807) is 16.8 Å². The molecule has 1 aliphatic heterocycles. The van der Waals surface area contributed by atoms with Crippen molar-refractivity contribution in [2.45, 2.75) is 39.0 Å². The largest absolute Gasteiger partial charge is 0.388 e. The van der Waals surface area contributed by atoms with E-state index < -0.39 is 6.10 Å². The van der Waals surface area contributed by atoms with Crippen LogP contribution < -0.4 is 11.1 Å². The van der Waals surface area contributed by atoms with Crippen molar-refractivity contribution in [3.05, 3.63) is 41.2 Å². The number of ether oxygens (including phenoxy) is 1. The van der Waals surface area contributed by atoms with E-state index in [2.05, 4.69) is 10.4 Å². The van der Waals surface area contributed by atoms with Crippen LogP contribution >= 0.6 is 0 Å². The van der Waals surface area contributed by atoms with E-state index in [0.29, 0.717) is 18.7 Å². The molecule has 0 bridgehead atoms. The molecule has 2 atom stereocenters. The summed E-state index contributed by atoms with van der Waals surface area (Å²) >= 11 is 0. The van der Waals surface area contributed by atoms with Crippen molar-refractivity contribution < 1.29 is 19.4 Å². The summed E-state index contributed by atoms with van der Waals surface area (Å²) in [5, 5.41) is 17.0. The molecule has 3 rings (SSSR count). The number of amides is 2. The summed E-state index contributed by atoms with van der Waals surface area (Å²) in [7, 11) is 0. The van der Waals surface area contributed by atoms with Crippen LogP contribution in [0.1, 0.15) is 28.2 Å². The standard InChI is InChI=1S/C19H24N4O4/c1-11-18(12(2)23(22-11)8-7-17(20)25)13-3-5-14(6-4-13)19(26)21-15-9-27-10-16(15)24/h3-6,15-16,24H,7-10H2,1-2H3,(H2,20,25)(H,21,26)/t15-,16-/m0/s1. The van der Waals surface area contributed by atoms with Crippen molar-refractivity contribution in [2.24, 2.45) is 5.73 Å². The van der Waals surface area contributed by atoms with Gasteiger partial charge in [-0.3, -0.25) is 14.3 Å². The van der Waals surface area contributed by atoms with E-state index in [9.17, 15) is 14.7 Å². The van der Waals surface area contributed by atoms with Crippen LogP contribution in [0.25, 0.3) is 11.1 Å². The number of benzene rings is 1. The number of hydrogen-bond donors (Lipinski definition) is 3. The highest BCUT2D eigenvalue weighted by Gasteiger charge is 2.27. The second-order valence-corrected chi connectivity index (χ2v) is 6.75. The zero-order valence-electron chi connectivity index (χ0n) is 15.4. The Balaban J connectivity index is 1.75. The summed E-state index contributed by atoms with van der Waals surface area (Å²) in [6.45, 7) is 4.84. The van der Waals surface area contributed by atoms with Crippen molar-refractivity contribution in [3.8, 4) is 11.1 Å². The summed E-state index contributed by atoms with van der Waals surface area (Å²) < 4.78 is 6.92. The van der Waals surface area contributed by atoms with Crippen molar-refractivity contribution in [1.29, 1.82) is 0 Å². The number of carbonyl (C=O) groups is 2. The molecule has 2 amide bonds. The third-order valence-electron chi connectivity index (χ3n) is 4.75. The fourth-order valence-electron chi connectivity index (χ4n) is 3.27. The normalized spacial score (nSPS) is 19.2. The number of carbonyl (C=O) groups excluding carboxylic acids is 2. The lowest BCUT2D eigenvalue weighted by Gasteiger charge is -2.14. The fraction of sp³-hybridized carbons (Fsp3) is 0.421. The molecule has 144 valence electrons. The molecule has 27 heavy (non-hydrogen) atoms. The third-order valence-corrected chi connectivity index (χ3v) is 4.75. The number of aromatic nitrogens is 2. The van der Waals surface area contributed by atoms with Crippen LogP contribution in [0.15, 0.2) is 24.3 Å². The van der Waals surface area contributed by atoms with Crippen molar-refractivity contribution in [2.75, 3.05) is 13.2 Å². The molecule has 1 fully saturated rings. The molecule has 1 aromatic heterocycles. The Labute approximate surface area is 157 Å². The molecule has 1 aliphatic rings. The minimum atomic E-state index is -0.676. The monoisotopic (exact) mass is 372 g/mol. The van der Waals surface area contributed by atoms with Gasteiger partial charge in [0.2, 0.25) is 5.91 Å². The molecule has 0 radical (unpaired) electrons. The SMILES string of the molecule is Cc1nn(CCC(N)=O)c(C)c1-c1ccc(C(=O)N[C@H]2COC[C@@H]2O)cc1. The lowest BCUT2D eigenvalue weighted by molar-refractivity contribution is -0.118.